The Morgan fingerprint density at radius 3 is 2.53 bits per heavy atom. The lowest BCUT2D eigenvalue weighted by molar-refractivity contribution is -0.750. The predicted octanol–water partition coefficient (Wildman–Crippen LogP) is 2.65. The van der Waals surface area contributed by atoms with Crippen molar-refractivity contribution in [2.75, 3.05) is 0 Å². The molecule has 0 saturated heterocycles. The third-order valence-electron chi connectivity index (χ3n) is 5.14. The van der Waals surface area contributed by atoms with Crippen LogP contribution in [0.4, 0.5) is 0 Å². The van der Waals surface area contributed by atoms with Crippen LogP contribution >= 0.6 is 0 Å². The van der Waals surface area contributed by atoms with E-state index in [-0.39, 0.29) is 0 Å². The average Bonchev–Trinajstić information content (AvgIpc) is 2.50. The van der Waals surface area contributed by atoms with Crippen LogP contribution in [0.25, 0.3) is 0 Å². The van der Waals surface area contributed by atoms with Gasteiger partial charge in [0.05, 0.1) is 5.54 Å². The third-order valence-corrected chi connectivity index (χ3v) is 5.14. The molecule has 0 amide bonds. The van der Waals surface area contributed by atoms with Gasteiger partial charge in [-0.2, -0.15) is 0 Å². The molecule has 17 heavy (non-hydrogen) atoms. The Kier molecular flexibility index (Phi) is 2.96. The first-order valence-corrected chi connectivity index (χ1v) is 7.21. The number of hydrogen-bond donors (Lipinski definition) is 1. The Labute approximate surface area is 105 Å². The summed E-state index contributed by atoms with van der Waals surface area (Å²) < 4.78 is 0. The summed E-state index contributed by atoms with van der Waals surface area (Å²) in [5.74, 6) is 0.825. The Balaban J connectivity index is 1.88. The van der Waals surface area contributed by atoms with Crippen molar-refractivity contribution < 1.29 is 5.32 Å². The van der Waals surface area contributed by atoms with Crippen molar-refractivity contribution in [2.24, 2.45) is 5.92 Å². The van der Waals surface area contributed by atoms with E-state index in [9.17, 15) is 0 Å². The van der Waals surface area contributed by atoms with Crippen molar-refractivity contribution in [3.8, 4) is 0 Å². The average molecular weight is 230 g/mol. The molecule has 1 atom stereocenters. The Morgan fingerprint density at radius 2 is 1.76 bits per heavy atom. The zero-order chi connectivity index (χ0) is 11.7. The first-order chi connectivity index (χ1) is 8.30. The number of benzene rings is 1. The van der Waals surface area contributed by atoms with Crippen molar-refractivity contribution in [1.82, 2.24) is 0 Å². The summed E-state index contributed by atoms with van der Waals surface area (Å²) in [5.41, 5.74) is 3.72. The summed E-state index contributed by atoms with van der Waals surface area (Å²) in [4.78, 5) is 0. The van der Waals surface area contributed by atoms with Gasteiger partial charge in [-0.15, -0.1) is 0 Å². The molecule has 0 radical (unpaired) electrons. The maximum atomic E-state index is 2.67. The van der Waals surface area contributed by atoms with E-state index in [0.29, 0.717) is 5.54 Å². The van der Waals surface area contributed by atoms with Crippen molar-refractivity contribution in [3.63, 3.8) is 0 Å². The molecular formula is C16H24N+. The number of quaternary nitrogens is 1. The fourth-order valence-corrected chi connectivity index (χ4v) is 3.91. The monoisotopic (exact) mass is 230 g/mol. The highest BCUT2D eigenvalue weighted by Gasteiger charge is 2.42. The van der Waals surface area contributed by atoms with Gasteiger partial charge in [-0.3, -0.25) is 0 Å². The Bertz CT molecular complexity index is 390. The molecule has 1 aromatic rings. The van der Waals surface area contributed by atoms with Crippen LogP contribution in [-0.2, 0) is 13.0 Å². The minimum absolute atomic E-state index is 0.553. The molecule has 1 aliphatic carbocycles. The van der Waals surface area contributed by atoms with Crippen LogP contribution in [0.5, 0.6) is 0 Å². The van der Waals surface area contributed by atoms with E-state index in [0.717, 1.165) is 5.92 Å². The van der Waals surface area contributed by atoms with Crippen LogP contribution in [0.15, 0.2) is 24.3 Å². The number of hydrogen-bond acceptors (Lipinski definition) is 0. The molecule has 1 aromatic carbocycles. The molecule has 1 heterocycles. The SMILES string of the molecule is C[C@@H]1Cc2ccccc2C[NH2+]C12CCCCC2. The van der Waals surface area contributed by atoms with Crippen LogP contribution in [0, 0.1) is 5.92 Å². The minimum Gasteiger partial charge on any atom is -0.337 e. The molecule has 1 heteroatoms. The van der Waals surface area contributed by atoms with Crippen LogP contribution in [0.1, 0.15) is 50.2 Å². The maximum Gasteiger partial charge on any atom is 0.102 e. The summed E-state index contributed by atoms with van der Waals surface area (Å²) in [6.45, 7) is 3.67. The molecule has 0 aromatic heterocycles. The van der Waals surface area contributed by atoms with E-state index >= 15 is 0 Å². The molecular weight excluding hydrogens is 206 g/mol. The van der Waals surface area contributed by atoms with Crippen molar-refractivity contribution >= 4 is 0 Å². The molecule has 3 rings (SSSR count). The first-order valence-electron chi connectivity index (χ1n) is 7.21. The highest BCUT2D eigenvalue weighted by molar-refractivity contribution is 5.27. The van der Waals surface area contributed by atoms with Gasteiger partial charge in [0, 0.05) is 24.3 Å². The number of fused-ring (bicyclic) bond motifs is 1. The van der Waals surface area contributed by atoms with Crippen LogP contribution in [-0.4, -0.2) is 5.54 Å². The van der Waals surface area contributed by atoms with E-state index in [1.165, 1.54) is 45.1 Å². The summed E-state index contributed by atoms with van der Waals surface area (Å²) in [7, 11) is 0. The summed E-state index contributed by atoms with van der Waals surface area (Å²) in [5, 5.41) is 2.67. The van der Waals surface area contributed by atoms with Gasteiger partial charge in [0.1, 0.15) is 6.54 Å². The van der Waals surface area contributed by atoms with E-state index < -0.39 is 0 Å². The van der Waals surface area contributed by atoms with Crippen molar-refractivity contribution in [1.29, 1.82) is 0 Å². The largest absolute Gasteiger partial charge is 0.337 e. The van der Waals surface area contributed by atoms with Crippen LogP contribution in [0.3, 0.4) is 0 Å². The smallest absolute Gasteiger partial charge is 0.102 e. The highest BCUT2D eigenvalue weighted by atomic mass is 15.0. The molecule has 2 aliphatic rings. The molecule has 1 nitrogen and oxygen atoms in total. The molecule has 0 bridgehead atoms. The molecule has 1 fully saturated rings. The molecule has 1 spiro atoms. The topological polar surface area (TPSA) is 16.6 Å². The molecule has 1 saturated carbocycles. The lowest BCUT2D eigenvalue weighted by Crippen LogP contribution is -2.97. The van der Waals surface area contributed by atoms with Crippen LogP contribution < -0.4 is 5.32 Å². The van der Waals surface area contributed by atoms with Gasteiger partial charge in [0.15, 0.2) is 0 Å². The van der Waals surface area contributed by atoms with Crippen molar-refractivity contribution in [3.05, 3.63) is 35.4 Å². The van der Waals surface area contributed by atoms with Gasteiger partial charge in [0.25, 0.3) is 0 Å². The van der Waals surface area contributed by atoms with Gasteiger partial charge in [0.2, 0.25) is 0 Å². The standard InChI is InChI=1S/C16H23N/c1-13-11-14-7-3-4-8-15(14)12-17-16(13)9-5-2-6-10-16/h3-4,7-8,13,17H,2,5-6,9-12H2,1H3/p+1/t13-/m1/s1. The molecule has 0 unspecified atom stereocenters. The fourth-order valence-electron chi connectivity index (χ4n) is 3.91. The lowest BCUT2D eigenvalue weighted by atomic mass is 9.72. The zero-order valence-corrected chi connectivity index (χ0v) is 10.9. The van der Waals surface area contributed by atoms with Crippen LogP contribution in [0.2, 0.25) is 0 Å². The lowest BCUT2D eigenvalue weighted by Gasteiger charge is -2.38. The van der Waals surface area contributed by atoms with E-state index in [1.54, 1.807) is 11.1 Å². The number of nitrogens with two attached hydrogens (primary N) is 1. The van der Waals surface area contributed by atoms with E-state index in [4.69, 9.17) is 0 Å². The fraction of sp³-hybridized carbons (Fsp3) is 0.625. The van der Waals surface area contributed by atoms with Crippen molar-refractivity contribution in [2.45, 2.75) is 57.5 Å². The second-order valence-corrected chi connectivity index (χ2v) is 6.08. The second-order valence-electron chi connectivity index (χ2n) is 6.08. The minimum atomic E-state index is 0.553. The molecule has 2 N–H and O–H groups in total. The van der Waals surface area contributed by atoms with Gasteiger partial charge in [-0.05, 0) is 24.8 Å². The summed E-state index contributed by atoms with van der Waals surface area (Å²) in [6.07, 6.45) is 8.49. The molecule has 92 valence electrons. The zero-order valence-electron chi connectivity index (χ0n) is 10.9. The predicted molar refractivity (Wildman–Crippen MR) is 70.8 cm³/mol. The van der Waals surface area contributed by atoms with Gasteiger partial charge in [-0.1, -0.05) is 37.6 Å². The van der Waals surface area contributed by atoms with Gasteiger partial charge >= 0.3 is 0 Å². The Morgan fingerprint density at radius 1 is 1.06 bits per heavy atom. The number of rotatable bonds is 0. The second kappa shape index (κ2) is 4.45. The summed E-state index contributed by atoms with van der Waals surface area (Å²) >= 11 is 0. The third kappa shape index (κ3) is 2.01. The summed E-state index contributed by atoms with van der Waals surface area (Å²) in [6, 6.07) is 9.04. The van der Waals surface area contributed by atoms with Gasteiger partial charge < -0.3 is 5.32 Å². The first kappa shape index (κ1) is 11.3. The maximum absolute atomic E-state index is 2.67. The Hall–Kier alpha value is -0.820. The normalized spacial score (nSPS) is 27.5. The van der Waals surface area contributed by atoms with Gasteiger partial charge in [-0.25, -0.2) is 0 Å². The molecule has 1 aliphatic heterocycles. The highest BCUT2D eigenvalue weighted by Crippen LogP contribution is 2.34. The van der Waals surface area contributed by atoms with E-state index in [2.05, 4.69) is 36.5 Å². The van der Waals surface area contributed by atoms with E-state index in [1.807, 2.05) is 0 Å². The quantitative estimate of drug-likeness (QED) is 0.705.